The first kappa shape index (κ1) is 9.47. The van der Waals surface area contributed by atoms with E-state index in [2.05, 4.69) is 10.1 Å². The van der Waals surface area contributed by atoms with Crippen molar-refractivity contribution in [3.63, 3.8) is 0 Å². The van der Waals surface area contributed by atoms with E-state index in [9.17, 15) is 4.39 Å². The van der Waals surface area contributed by atoms with E-state index in [1.54, 1.807) is 22.9 Å². The van der Waals surface area contributed by atoms with Crippen molar-refractivity contribution in [1.29, 1.82) is 0 Å². The molecule has 1 aromatic heterocycles. The summed E-state index contributed by atoms with van der Waals surface area (Å²) in [7, 11) is 0. The van der Waals surface area contributed by atoms with Gasteiger partial charge in [0.15, 0.2) is 11.6 Å². The molecular formula is C11H10FN3O. The second-order valence-corrected chi connectivity index (χ2v) is 3.61. The van der Waals surface area contributed by atoms with Gasteiger partial charge in [-0.3, -0.25) is 0 Å². The first-order valence-electron chi connectivity index (χ1n) is 5.11. The summed E-state index contributed by atoms with van der Waals surface area (Å²) in [6, 6.07) is 6.51. The lowest BCUT2D eigenvalue weighted by molar-refractivity contribution is 0.0769. The standard InChI is InChI=1S/C11H10FN3O/c12-9-4-2-1-3-8(9)11-13-10-7-16-6-5-15(10)14-11/h1-4H,5-7H2. The Labute approximate surface area is 91.7 Å². The molecule has 0 aliphatic carbocycles. The highest BCUT2D eigenvalue weighted by Crippen LogP contribution is 2.20. The Hall–Kier alpha value is -1.75. The van der Waals surface area contributed by atoms with Crippen LogP contribution in [-0.4, -0.2) is 21.4 Å². The Bertz CT molecular complexity index is 500. The Morgan fingerprint density at radius 3 is 3.00 bits per heavy atom. The van der Waals surface area contributed by atoms with Crippen molar-refractivity contribution >= 4 is 0 Å². The number of halogens is 1. The molecule has 16 heavy (non-hydrogen) atoms. The first-order chi connectivity index (χ1) is 7.84. The summed E-state index contributed by atoms with van der Waals surface area (Å²) < 4.78 is 20.5. The van der Waals surface area contributed by atoms with Crippen LogP contribution in [0.1, 0.15) is 5.82 Å². The van der Waals surface area contributed by atoms with Crippen molar-refractivity contribution in [1.82, 2.24) is 14.8 Å². The van der Waals surface area contributed by atoms with Crippen LogP contribution in [0, 0.1) is 5.82 Å². The third-order valence-corrected chi connectivity index (χ3v) is 2.54. The van der Waals surface area contributed by atoms with Crippen molar-refractivity contribution in [3.8, 4) is 11.4 Å². The number of hydrogen-bond donors (Lipinski definition) is 0. The number of fused-ring (bicyclic) bond motifs is 1. The maximum absolute atomic E-state index is 13.5. The van der Waals surface area contributed by atoms with Crippen molar-refractivity contribution in [2.24, 2.45) is 0 Å². The lowest BCUT2D eigenvalue weighted by Crippen LogP contribution is -2.17. The van der Waals surface area contributed by atoms with Gasteiger partial charge < -0.3 is 4.74 Å². The molecule has 3 rings (SSSR count). The summed E-state index contributed by atoms with van der Waals surface area (Å²) in [5.74, 6) is 0.884. The molecule has 0 bridgehead atoms. The van der Waals surface area contributed by atoms with Crippen LogP contribution >= 0.6 is 0 Å². The zero-order valence-corrected chi connectivity index (χ0v) is 8.56. The number of benzene rings is 1. The summed E-state index contributed by atoms with van der Waals surface area (Å²) in [4.78, 5) is 4.27. The van der Waals surface area contributed by atoms with Gasteiger partial charge in [0.2, 0.25) is 0 Å². The lowest BCUT2D eigenvalue weighted by atomic mass is 10.2. The minimum atomic E-state index is -0.300. The quantitative estimate of drug-likeness (QED) is 0.731. The van der Waals surface area contributed by atoms with Crippen molar-refractivity contribution < 1.29 is 9.13 Å². The van der Waals surface area contributed by atoms with Crippen LogP contribution in [-0.2, 0) is 17.9 Å². The lowest BCUT2D eigenvalue weighted by Gasteiger charge is -2.11. The van der Waals surface area contributed by atoms with Gasteiger partial charge in [-0.25, -0.2) is 14.1 Å². The van der Waals surface area contributed by atoms with E-state index in [1.807, 2.05) is 0 Å². The normalized spacial score (nSPS) is 14.8. The number of rotatable bonds is 1. The van der Waals surface area contributed by atoms with Gasteiger partial charge in [0, 0.05) is 0 Å². The van der Waals surface area contributed by atoms with Gasteiger partial charge in [0.05, 0.1) is 18.7 Å². The van der Waals surface area contributed by atoms with E-state index in [0.717, 1.165) is 5.82 Å². The van der Waals surface area contributed by atoms with Gasteiger partial charge in [-0.1, -0.05) is 12.1 Å². The molecule has 0 amide bonds. The first-order valence-corrected chi connectivity index (χ1v) is 5.11. The molecule has 2 heterocycles. The highest BCUT2D eigenvalue weighted by Gasteiger charge is 2.16. The van der Waals surface area contributed by atoms with Crippen molar-refractivity contribution in [2.75, 3.05) is 6.61 Å². The summed E-state index contributed by atoms with van der Waals surface area (Å²) in [5, 5.41) is 4.27. The monoisotopic (exact) mass is 219 g/mol. The fraction of sp³-hybridized carbons (Fsp3) is 0.273. The number of aromatic nitrogens is 3. The molecule has 0 atom stereocenters. The average Bonchev–Trinajstić information content (AvgIpc) is 2.73. The zero-order chi connectivity index (χ0) is 11.0. The molecule has 0 radical (unpaired) electrons. The molecule has 0 spiro atoms. The smallest absolute Gasteiger partial charge is 0.184 e. The topological polar surface area (TPSA) is 39.9 Å². The van der Waals surface area contributed by atoms with Crippen LogP contribution in [0.3, 0.4) is 0 Å². The number of nitrogens with zero attached hydrogens (tertiary/aromatic N) is 3. The van der Waals surface area contributed by atoms with E-state index in [1.165, 1.54) is 6.07 Å². The Morgan fingerprint density at radius 1 is 1.31 bits per heavy atom. The largest absolute Gasteiger partial charge is 0.372 e. The molecule has 5 heteroatoms. The molecule has 1 aromatic carbocycles. The third kappa shape index (κ3) is 1.49. The van der Waals surface area contributed by atoms with E-state index >= 15 is 0 Å². The van der Waals surface area contributed by atoms with Crippen LogP contribution in [0.2, 0.25) is 0 Å². The van der Waals surface area contributed by atoms with E-state index in [0.29, 0.717) is 31.1 Å². The van der Waals surface area contributed by atoms with Gasteiger partial charge in [-0.15, -0.1) is 0 Å². The molecule has 0 saturated carbocycles. The maximum Gasteiger partial charge on any atom is 0.184 e. The minimum absolute atomic E-state index is 0.300. The van der Waals surface area contributed by atoms with E-state index in [4.69, 9.17) is 4.74 Å². The van der Waals surface area contributed by atoms with E-state index < -0.39 is 0 Å². The fourth-order valence-corrected chi connectivity index (χ4v) is 1.73. The van der Waals surface area contributed by atoms with Gasteiger partial charge >= 0.3 is 0 Å². The zero-order valence-electron chi connectivity index (χ0n) is 8.56. The van der Waals surface area contributed by atoms with Crippen LogP contribution < -0.4 is 0 Å². The van der Waals surface area contributed by atoms with Gasteiger partial charge in [-0.2, -0.15) is 5.10 Å². The highest BCUT2D eigenvalue weighted by molar-refractivity contribution is 5.55. The maximum atomic E-state index is 13.5. The van der Waals surface area contributed by atoms with E-state index in [-0.39, 0.29) is 5.82 Å². The molecule has 1 aliphatic rings. The second-order valence-electron chi connectivity index (χ2n) is 3.61. The summed E-state index contributed by atoms with van der Waals surface area (Å²) >= 11 is 0. The SMILES string of the molecule is Fc1ccccc1-c1nc2n(n1)CCOC2. The number of hydrogen-bond acceptors (Lipinski definition) is 3. The minimum Gasteiger partial charge on any atom is -0.372 e. The van der Waals surface area contributed by atoms with Crippen LogP contribution in [0.15, 0.2) is 24.3 Å². The molecule has 1 aliphatic heterocycles. The summed E-state index contributed by atoms with van der Waals surface area (Å²) in [6.07, 6.45) is 0. The fourth-order valence-electron chi connectivity index (χ4n) is 1.73. The molecule has 0 saturated heterocycles. The third-order valence-electron chi connectivity index (χ3n) is 2.54. The second kappa shape index (κ2) is 3.68. The van der Waals surface area contributed by atoms with Gasteiger partial charge in [0.1, 0.15) is 12.4 Å². The predicted octanol–water partition coefficient (Wildman–Crippen LogP) is 1.61. The molecule has 0 fully saturated rings. The Morgan fingerprint density at radius 2 is 2.19 bits per heavy atom. The van der Waals surface area contributed by atoms with Gasteiger partial charge in [-0.05, 0) is 12.1 Å². The molecule has 2 aromatic rings. The summed E-state index contributed by atoms with van der Waals surface area (Å²) in [5.41, 5.74) is 0.435. The van der Waals surface area contributed by atoms with Crippen LogP contribution in [0.4, 0.5) is 4.39 Å². The average molecular weight is 219 g/mol. The highest BCUT2D eigenvalue weighted by atomic mass is 19.1. The molecule has 0 unspecified atom stereocenters. The van der Waals surface area contributed by atoms with Gasteiger partial charge in [0.25, 0.3) is 0 Å². The Balaban J connectivity index is 2.07. The Kier molecular flexibility index (Phi) is 2.18. The van der Waals surface area contributed by atoms with Crippen molar-refractivity contribution in [2.45, 2.75) is 13.2 Å². The molecular weight excluding hydrogens is 209 g/mol. The predicted molar refractivity (Wildman–Crippen MR) is 55.1 cm³/mol. The van der Waals surface area contributed by atoms with Crippen LogP contribution in [0.5, 0.6) is 0 Å². The summed E-state index contributed by atoms with van der Waals surface area (Å²) in [6.45, 7) is 1.76. The molecule has 4 nitrogen and oxygen atoms in total. The molecule has 82 valence electrons. The van der Waals surface area contributed by atoms with Crippen LogP contribution in [0.25, 0.3) is 11.4 Å². The molecule has 0 N–H and O–H groups in total. The number of ether oxygens (including phenoxy) is 1. The van der Waals surface area contributed by atoms with Crippen molar-refractivity contribution in [3.05, 3.63) is 35.9 Å².